The van der Waals surface area contributed by atoms with Crippen LogP contribution in [0.1, 0.15) is 12.8 Å². The highest BCUT2D eigenvalue weighted by atomic mass is 35.5. The van der Waals surface area contributed by atoms with E-state index in [1.165, 1.54) is 12.8 Å². The molecule has 2 heterocycles. The number of aromatic nitrogens is 3. The van der Waals surface area contributed by atoms with Crippen LogP contribution in [0.25, 0.3) is 16.2 Å². The summed E-state index contributed by atoms with van der Waals surface area (Å²) >= 11 is 7.69. The van der Waals surface area contributed by atoms with Gasteiger partial charge in [-0.2, -0.15) is 0 Å². The summed E-state index contributed by atoms with van der Waals surface area (Å²) in [6.45, 7) is 0. The molecule has 102 valence electrons. The fourth-order valence-corrected chi connectivity index (χ4v) is 3.39. The first-order valence-corrected chi connectivity index (χ1v) is 7.75. The molecule has 4 rings (SSSR count). The molecular weight excluding hydrogens is 292 g/mol. The van der Waals surface area contributed by atoms with Gasteiger partial charge in [0.15, 0.2) is 0 Å². The van der Waals surface area contributed by atoms with Gasteiger partial charge in [0, 0.05) is 23.7 Å². The molecule has 1 fully saturated rings. The van der Waals surface area contributed by atoms with Gasteiger partial charge in [-0.15, -0.1) is 5.10 Å². The van der Waals surface area contributed by atoms with E-state index in [4.69, 9.17) is 16.7 Å². The van der Waals surface area contributed by atoms with Crippen LogP contribution in [0.3, 0.4) is 0 Å². The number of halogens is 1. The number of nitrogens with zero attached hydrogens (tertiary/aromatic N) is 4. The number of hydrogen-bond acceptors (Lipinski definition) is 4. The fraction of sp³-hybridized carbons (Fsp3) is 0.286. The van der Waals surface area contributed by atoms with Crippen LogP contribution in [0.4, 0.5) is 5.13 Å². The quantitative estimate of drug-likeness (QED) is 0.739. The predicted octanol–water partition coefficient (Wildman–Crippen LogP) is 3.71. The summed E-state index contributed by atoms with van der Waals surface area (Å²) in [5.41, 5.74) is 2.02. The van der Waals surface area contributed by atoms with E-state index >= 15 is 0 Å². The molecule has 1 aromatic carbocycles. The predicted molar refractivity (Wildman–Crippen MR) is 82.7 cm³/mol. The molecule has 0 bridgehead atoms. The van der Waals surface area contributed by atoms with Crippen molar-refractivity contribution in [2.75, 3.05) is 11.9 Å². The third kappa shape index (κ3) is 1.98. The van der Waals surface area contributed by atoms with E-state index in [9.17, 15) is 0 Å². The lowest BCUT2D eigenvalue weighted by molar-refractivity contribution is 0.868. The molecule has 1 aliphatic rings. The standard InChI is InChI=1S/C14H13ClN4S/c1-18(11-5-6-11)14-17-19-12(8-16-13(19)20-14)9-3-2-4-10(15)7-9/h2-4,7-8,11H,5-6H2,1H3. The van der Waals surface area contributed by atoms with E-state index in [-0.39, 0.29) is 0 Å². The minimum Gasteiger partial charge on any atom is -0.347 e. The molecule has 2 aromatic heterocycles. The first-order chi connectivity index (χ1) is 9.72. The SMILES string of the molecule is CN(c1nn2c(-c3cccc(Cl)c3)cnc2s1)C1CC1. The van der Waals surface area contributed by atoms with Gasteiger partial charge in [-0.3, -0.25) is 0 Å². The number of anilines is 1. The van der Waals surface area contributed by atoms with Crippen molar-refractivity contribution in [1.82, 2.24) is 14.6 Å². The summed E-state index contributed by atoms with van der Waals surface area (Å²) in [6.07, 6.45) is 4.38. The average Bonchev–Trinajstić information content (AvgIpc) is 3.08. The molecule has 0 N–H and O–H groups in total. The summed E-state index contributed by atoms with van der Waals surface area (Å²) in [4.78, 5) is 7.63. The highest BCUT2D eigenvalue weighted by Gasteiger charge is 2.28. The van der Waals surface area contributed by atoms with Crippen molar-refractivity contribution in [2.24, 2.45) is 0 Å². The van der Waals surface area contributed by atoms with Gasteiger partial charge in [-0.25, -0.2) is 9.50 Å². The minimum absolute atomic E-state index is 0.653. The first-order valence-electron chi connectivity index (χ1n) is 6.56. The van der Waals surface area contributed by atoms with Gasteiger partial charge >= 0.3 is 0 Å². The second-order valence-electron chi connectivity index (χ2n) is 5.07. The van der Waals surface area contributed by atoms with Gasteiger partial charge in [0.2, 0.25) is 10.1 Å². The zero-order chi connectivity index (χ0) is 13.7. The largest absolute Gasteiger partial charge is 0.347 e. The van der Waals surface area contributed by atoms with E-state index in [1.807, 2.05) is 35.0 Å². The van der Waals surface area contributed by atoms with Crippen LogP contribution < -0.4 is 4.90 Å². The number of benzene rings is 1. The van der Waals surface area contributed by atoms with Crippen LogP contribution in [0.2, 0.25) is 5.02 Å². The number of imidazole rings is 1. The molecule has 0 radical (unpaired) electrons. The molecule has 0 aliphatic heterocycles. The van der Waals surface area contributed by atoms with Gasteiger partial charge < -0.3 is 4.90 Å². The molecule has 0 amide bonds. The normalized spacial score (nSPS) is 14.9. The zero-order valence-corrected chi connectivity index (χ0v) is 12.5. The van der Waals surface area contributed by atoms with Crippen LogP contribution in [-0.4, -0.2) is 27.7 Å². The maximum absolute atomic E-state index is 6.06. The Morgan fingerprint density at radius 2 is 2.25 bits per heavy atom. The van der Waals surface area contributed by atoms with Crippen molar-refractivity contribution in [1.29, 1.82) is 0 Å². The van der Waals surface area contributed by atoms with Crippen LogP contribution in [0.5, 0.6) is 0 Å². The topological polar surface area (TPSA) is 33.4 Å². The summed E-state index contributed by atoms with van der Waals surface area (Å²) < 4.78 is 1.91. The lowest BCUT2D eigenvalue weighted by Crippen LogP contribution is -2.19. The second kappa shape index (κ2) is 4.46. The number of rotatable bonds is 3. The van der Waals surface area contributed by atoms with Gasteiger partial charge in [0.25, 0.3) is 0 Å². The molecule has 0 saturated heterocycles. The lowest BCUT2D eigenvalue weighted by Gasteiger charge is -2.12. The summed E-state index contributed by atoms with van der Waals surface area (Å²) in [7, 11) is 2.11. The molecule has 20 heavy (non-hydrogen) atoms. The molecule has 6 heteroatoms. The monoisotopic (exact) mass is 304 g/mol. The maximum Gasteiger partial charge on any atom is 0.214 e. The van der Waals surface area contributed by atoms with Crippen molar-refractivity contribution in [3.05, 3.63) is 35.5 Å². The van der Waals surface area contributed by atoms with Crippen LogP contribution >= 0.6 is 22.9 Å². The smallest absolute Gasteiger partial charge is 0.214 e. The number of fused-ring (bicyclic) bond motifs is 1. The minimum atomic E-state index is 0.653. The van der Waals surface area contributed by atoms with Gasteiger partial charge in [0.05, 0.1) is 11.9 Å². The van der Waals surface area contributed by atoms with Crippen molar-refractivity contribution >= 4 is 33.0 Å². The van der Waals surface area contributed by atoms with Crippen LogP contribution in [0, 0.1) is 0 Å². The Bertz CT molecular complexity index is 774. The van der Waals surface area contributed by atoms with Crippen LogP contribution in [0.15, 0.2) is 30.5 Å². The molecule has 0 unspecified atom stereocenters. The molecule has 3 aromatic rings. The fourth-order valence-electron chi connectivity index (χ4n) is 2.29. The summed E-state index contributed by atoms with van der Waals surface area (Å²) in [6, 6.07) is 8.44. The molecule has 1 aliphatic carbocycles. The lowest BCUT2D eigenvalue weighted by atomic mass is 10.2. The Labute approximate surface area is 125 Å². The Hall–Kier alpha value is -1.59. The molecule has 1 saturated carbocycles. The first kappa shape index (κ1) is 12.2. The Morgan fingerprint density at radius 3 is 3.00 bits per heavy atom. The highest BCUT2D eigenvalue weighted by molar-refractivity contribution is 7.20. The van der Waals surface area contributed by atoms with Crippen molar-refractivity contribution in [3.8, 4) is 11.3 Å². The highest BCUT2D eigenvalue weighted by Crippen LogP contribution is 2.34. The Kier molecular flexibility index (Phi) is 2.72. The van der Waals surface area contributed by atoms with Gasteiger partial charge in [-0.1, -0.05) is 35.1 Å². The third-order valence-corrected chi connectivity index (χ3v) is 4.84. The van der Waals surface area contributed by atoms with Gasteiger partial charge in [-0.05, 0) is 25.0 Å². The van der Waals surface area contributed by atoms with Crippen molar-refractivity contribution in [2.45, 2.75) is 18.9 Å². The van der Waals surface area contributed by atoms with Crippen LogP contribution in [-0.2, 0) is 0 Å². The second-order valence-corrected chi connectivity index (χ2v) is 6.45. The molecular formula is C14H13ClN4S. The van der Waals surface area contributed by atoms with Gasteiger partial charge in [0.1, 0.15) is 0 Å². The Balaban J connectivity index is 1.80. The average molecular weight is 305 g/mol. The van der Waals surface area contributed by atoms with E-state index in [1.54, 1.807) is 11.3 Å². The van der Waals surface area contributed by atoms with E-state index in [0.717, 1.165) is 26.4 Å². The van der Waals surface area contributed by atoms with Crippen molar-refractivity contribution < 1.29 is 0 Å². The van der Waals surface area contributed by atoms with E-state index < -0.39 is 0 Å². The molecule has 0 atom stereocenters. The molecule has 0 spiro atoms. The van der Waals surface area contributed by atoms with Crippen molar-refractivity contribution in [3.63, 3.8) is 0 Å². The number of hydrogen-bond donors (Lipinski definition) is 0. The summed E-state index contributed by atoms with van der Waals surface area (Å²) in [5.74, 6) is 0. The zero-order valence-electron chi connectivity index (χ0n) is 11.0. The third-order valence-electron chi connectivity index (χ3n) is 3.59. The molecule has 4 nitrogen and oxygen atoms in total. The maximum atomic E-state index is 6.06. The summed E-state index contributed by atoms with van der Waals surface area (Å²) in [5, 5.41) is 6.45. The van der Waals surface area contributed by atoms with E-state index in [0.29, 0.717) is 6.04 Å². The van der Waals surface area contributed by atoms with E-state index in [2.05, 4.69) is 16.9 Å². The Morgan fingerprint density at radius 1 is 1.40 bits per heavy atom.